The predicted octanol–water partition coefficient (Wildman–Crippen LogP) is 5.73. The average molecular weight is 330 g/mol. The third-order valence-corrected chi connectivity index (χ3v) is 4.67. The molecule has 1 amide bonds. The molecular formula is C19H26N2OS. The van der Waals surface area contributed by atoms with Gasteiger partial charge in [0, 0.05) is 17.4 Å². The summed E-state index contributed by atoms with van der Waals surface area (Å²) in [5, 5.41) is 5.62. The second-order valence-electron chi connectivity index (χ2n) is 6.07. The second-order valence-corrected chi connectivity index (χ2v) is 6.93. The number of rotatable bonds is 8. The van der Waals surface area contributed by atoms with Crippen molar-refractivity contribution in [3.8, 4) is 11.3 Å². The molecule has 0 fully saturated rings. The largest absolute Gasteiger partial charge is 0.302 e. The lowest BCUT2D eigenvalue weighted by molar-refractivity contribution is -0.116. The lowest BCUT2D eigenvalue weighted by Crippen LogP contribution is -2.10. The van der Waals surface area contributed by atoms with Crippen LogP contribution >= 0.6 is 11.3 Å². The van der Waals surface area contributed by atoms with Crippen LogP contribution in [0.25, 0.3) is 11.3 Å². The number of aromatic nitrogens is 1. The van der Waals surface area contributed by atoms with Crippen molar-refractivity contribution in [2.24, 2.45) is 0 Å². The number of carbonyl (C=O) groups excluding carboxylic acids is 1. The van der Waals surface area contributed by atoms with Crippen LogP contribution in [-0.2, 0) is 4.79 Å². The highest BCUT2D eigenvalue weighted by Gasteiger charge is 2.09. The number of benzene rings is 1. The third kappa shape index (κ3) is 5.47. The van der Waals surface area contributed by atoms with Crippen molar-refractivity contribution in [3.63, 3.8) is 0 Å². The van der Waals surface area contributed by atoms with Gasteiger partial charge in [-0.1, -0.05) is 56.4 Å². The minimum absolute atomic E-state index is 0.0722. The highest BCUT2D eigenvalue weighted by atomic mass is 32.1. The first kappa shape index (κ1) is 17.7. The maximum absolute atomic E-state index is 12.0. The Morgan fingerprint density at radius 3 is 2.70 bits per heavy atom. The monoisotopic (exact) mass is 330 g/mol. The van der Waals surface area contributed by atoms with Gasteiger partial charge in [-0.15, -0.1) is 11.3 Å². The normalized spacial score (nSPS) is 10.7. The molecule has 0 saturated carbocycles. The lowest BCUT2D eigenvalue weighted by Gasteiger charge is -2.04. The Bertz CT molecular complexity index is 649. The van der Waals surface area contributed by atoms with E-state index >= 15 is 0 Å². The second kappa shape index (κ2) is 8.82. The first-order valence-electron chi connectivity index (χ1n) is 8.43. The smallest absolute Gasteiger partial charge is 0.226 e. The van der Waals surface area contributed by atoms with E-state index in [0.29, 0.717) is 11.6 Å². The van der Waals surface area contributed by atoms with Crippen LogP contribution < -0.4 is 5.32 Å². The number of nitrogens with one attached hydrogen (secondary N) is 1. The Labute approximate surface area is 143 Å². The van der Waals surface area contributed by atoms with Gasteiger partial charge in [0.2, 0.25) is 5.91 Å². The molecule has 0 aliphatic rings. The van der Waals surface area contributed by atoms with E-state index in [9.17, 15) is 4.79 Å². The molecular weight excluding hydrogens is 304 g/mol. The molecule has 3 nitrogen and oxygen atoms in total. The molecule has 0 spiro atoms. The molecule has 0 aliphatic carbocycles. The summed E-state index contributed by atoms with van der Waals surface area (Å²) in [6.07, 6.45) is 6.38. The first-order chi connectivity index (χ1) is 11.1. The minimum atomic E-state index is 0.0722. The zero-order valence-corrected chi connectivity index (χ0v) is 15.1. The van der Waals surface area contributed by atoms with Crippen LogP contribution in [0.4, 0.5) is 5.13 Å². The molecule has 0 radical (unpaired) electrons. The molecule has 4 heteroatoms. The Morgan fingerprint density at radius 2 is 1.96 bits per heavy atom. The highest BCUT2D eigenvalue weighted by molar-refractivity contribution is 7.14. The zero-order chi connectivity index (χ0) is 16.7. The molecule has 0 bridgehead atoms. The van der Waals surface area contributed by atoms with Gasteiger partial charge >= 0.3 is 0 Å². The number of amides is 1. The van der Waals surface area contributed by atoms with Crippen LogP contribution in [0.5, 0.6) is 0 Å². The van der Waals surface area contributed by atoms with E-state index in [-0.39, 0.29) is 5.91 Å². The topological polar surface area (TPSA) is 42.0 Å². The zero-order valence-electron chi connectivity index (χ0n) is 14.3. The van der Waals surface area contributed by atoms with E-state index < -0.39 is 0 Å². The van der Waals surface area contributed by atoms with Crippen LogP contribution in [-0.4, -0.2) is 10.9 Å². The Balaban J connectivity index is 1.88. The van der Waals surface area contributed by atoms with Crippen LogP contribution in [0.1, 0.15) is 56.6 Å². The number of unbranched alkanes of at least 4 members (excludes halogenated alkanes) is 4. The van der Waals surface area contributed by atoms with Crippen molar-refractivity contribution < 1.29 is 4.79 Å². The molecule has 0 aliphatic heterocycles. The Kier molecular flexibility index (Phi) is 6.78. The summed E-state index contributed by atoms with van der Waals surface area (Å²) in [5.41, 5.74) is 4.53. The fourth-order valence-corrected chi connectivity index (χ4v) is 3.35. The van der Waals surface area contributed by atoms with Gasteiger partial charge in [-0.05, 0) is 25.8 Å². The van der Waals surface area contributed by atoms with Gasteiger partial charge in [0.15, 0.2) is 5.13 Å². The van der Waals surface area contributed by atoms with Gasteiger partial charge in [0.05, 0.1) is 5.69 Å². The van der Waals surface area contributed by atoms with Crippen molar-refractivity contribution >= 4 is 22.4 Å². The number of anilines is 1. The van der Waals surface area contributed by atoms with E-state index in [0.717, 1.165) is 24.1 Å². The molecule has 0 atom stereocenters. The Morgan fingerprint density at radius 1 is 1.17 bits per heavy atom. The molecule has 1 aromatic heterocycles. The number of carbonyl (C=O) groups is 1. The molecule has 23 heavy (non-hydrogen) atoms. The molecule has 1 heterocycles. The fourth-order valence-electron chi connectivity index (χ4n) is 2.63. The van der Waals surface area contributed by atoms with E-state index in [4.69, 9.17) is 0 Å². The minimum Gasteiger partial charge on any atom is -0.302 e. The molecule has 124 valence electrons. The van der Waals surface area contributed by atoms with Gasteiger partial charge in [-0.3, -0.25) is 4.79 Å². The number of hydrogen-bond donors (Lipinski definition) is 1. The molecule has 1 N–H and O–H groups in total. The third-order valence-electron chi connectivity index (χ3n) is 3.92. The maximum atomic E-state index is 12.0. The number of thiazole rings is 1. The van der Waals surface area contributed by atoms with Crippen molar-refractivity contribution in [1.82, 2.24) is 4.98 Å². The summed E-state index contributed by atoms with van der Waals surface area (Å²) in [5.74, 6) is 0.0722. The van der Waals surface area contributed by atoms with Crippen molar-refractivity contribution in [1.29, 1.82) is 0 Å². The van der Waals surface area contributed by atoms with E-state index in [1.165, 1.54) is 41.7 Å². The number of nitrogens with zero attached hydrogens (tertiary/aromatic N) is 1. The summed E-state index contributed by atoms with van der Waals surface area (Å²) >= 11 is 1.49. The van der Waals surface area contributed by atoms with Gasteiger partial charge in [-0.25, -0.2) is 4.98 Å². The van der Waals surface area contributed by atoms with Gasteiger partial charge in [-0.2, -0.15) is 0 Å². The predicted molar refractivity (Wildman–Crippen MR) is 99.0 cm³/mol. The van der Waals surface area contributed by atoms with Gasteiger partial charge < -0.3 is 5.32 Å². The SMILES string of the molecule is CCCCCCCC(=O)Nc1nc(-c2ccc(C)cc2C)cs1. The quantitative estimate of drug-likeness (QED) is 0.628. The molecule has 0 saturated heterocycles. The maximum Gasteiger partial charge on any atom is 0.226 e. The summed E-state index contributed by atoms with van der Waals surface area (Å²) in [7, 11) is 0. The molecule has 2 aromatic rings. The van der Waals surface area contributed by atoms with Crippen LogP contribution in [0.3, 0.4) is 0 Å². The van der Waals surface area contributed by atoms with E-state index in [2.05, 4.69) is 49.3 Å². The molecule has 1 aromatic carbocycles. The first-order valence-corrected chi connectivity index (χ1v) is 9.31. The number of aryl methyl sites for hydroxylation is 2. The summed E-state index contributed by atoms with van der Waals surface area (Å²) in [6.45, 7) is 6.38. The number of hydrogen-bond acceptors (Lipinski definition) is 3. The molecule has 0 unspecified atom stereocenters. The van der Waals surface area contributed by atoms with Crippen LogP contribution in [0.2, 0.25) is 0 Å². The van der Waals surface area contributed by atoms with Gasteiger partial charge in [0.1, 0.15) is 0 Å². The van der Waals surface area contributed by atoms with Crippen molar-refractivity contribution in [3.05, 3.63) is 34.7 Å². The average Bonchev–Trinajstić information content (AvgIpc) is 2.95. The van der Waals surface area contributed by atoms with Gasteiger partial charge in [0.25, 0.3) is 0 Å². The highest BCUT2D eigenvalue weighted by Crippen LogP contribution is 2.28. The molecule has 2 rings (SSSR count). The van der Waals surface area contributed by atoms with E-state index in [1.54, 1.807) is 0 Å². The van der Waals surface area contributed by atoms with Crippen LogP contribution in [0, 0.1) is 13.8 Å². The Hall–Kier alpha value is -1.68. The summed E-state index contributed by atoms with van der Waals surface area (Å²) < 4.78 is 0. The standard InChI is InChI=1S/C19H26N2OS/c1-4-5-6-7-8-9-18(22)21-19-20-17(13-23-19)16-11-10-14(2)12-15(16)3/h10-13H,4-9H2,1-3H3,(H,20,21,22). The van der Waals surface area contributed by atoms with Crippen LogP contribution in [0.15, 0.2) is 23.6 Å². The van der Waals surface area contributed by atoms with E-state index in [1.807, 2.05) is 5.38 Å². The van der Waals surface area contributed by atoms with Crippen molar-refractivity contribution in [2.75, 3.05) is 5.32 Å². The lowest BCUT2D eigenvalue weighted by atomic mass is 10.0. The summed E-state index contributed by atoms with van der Waals surface area (Å²) in [6, 6.07) is 6.35. The summed E-state index contributed by atoms with van der Waals surface area (Å²) in [4.78, 5) is 16.5. The van der Waals surface area contributed by atoms with Crippen molar-refractivity contribution in [2.45, 2.75) is 59.3 Å². The fraction of sp³-hybridized carbons (Fsp3) is 0.474.